The SMILES string of the molecule is Cc1cc2cc(NS(=O)(=O)C3CCCCC3)ccc2n1Cc1ccc(F)cc1N. The summed E-state index contributed by atoms with van der Waals surface area (Å²) < 4.78 is 43.6. The Morgan fingerprint density at radius 1 is 1.10 bits per heavy atom. The molecule has 0 aliphatic heterocycles. The molecule has 1 aliphatic carbocycles. The number of nitrogen functional groups attached to an aromatic ring is 1. The molecular formula is C22H26FN3O2S. The smallest absolute Gasteiger partial charge is 0.235 e. The summed E-state index contributed by atoms with van der Waals surface area (Å²) in [5.74, 6) is -0.352. The van der Waals surface area contributed by atoms with Crippen molar-refractivity contribution < 1.29 is 12.8 Å². The van der Waals surface area contributed by atoms with E-state index in [4.69, 9.17) is 5.73 Å². The third-order valence-corrected chi connectivity index (χ3v) is 7.67. The summed E-state index contributed by atoms with van der Waals surface area (Å²) in [6.45, 7) is 2.51. The fourth-order valence-electron chi connectivity index (χ4n) is 4.19. The standard InChI is InChI=1S/C22H26FN3O2S/c1-15-11-17-12-19(25-29(27,28)20-5-3-2-4-6-20)9-10-22(17)26(15)14-16-7-8-18(23)13-21(16)24/h7-13,20,25H,2-6,14,24H2,1H3. The van der Waals surface area contributed by atoms with E-state index in [1.165, 1.54) is 12.1 Å². The third kappa shape index (κ3) is 4.10. The first-order chi connectivity index (χ1) is 13.8. The summed E-state index contributed by atoms with van der Waals surface area (Å²) in [5, 5.41) is 0.645. The Kier molecular flexibility index (Phi) is 5.25. The molecule has 4 rings (SSSR count). The van der Waals surface area contributed by atoms with Crippen LogP contribution in [-0.4, -0.2) is 18.2 Å². The lowest BCUT2D eigenvalue weighted by Crippen LogP contribution is -2.29. The number of nitrogens with one attached hydrogen (secondary N) is 1. The Labute approximate surface area is 170 Å². The summed E-state index contributed by atoms with van der Waals surface area (Å²) in [6, 6.07) is 12.0. The van der Waals surface area contributed by atoms with Crippen LogP contribution in [0.5, 0.6) is 0 Å². The lowest BCUT2D eigenvalue weighted by molar-refractivity contribution is 0.486. The average Bonchev–Trinajstić information content (AvgIpc) is 2.99. The number of anilines is 2. The Balaban J connectivity index is 1.61. The number of halogens is 1. The van der Waals surface area contributed by atoms with Crippen molar-refractivity contribution >= 4 is 32.3 Å². The first-order valence-electron chi connectivity index (χ1n) is 9.99. The number of aromatic nitrogens is 1. The predicted molar refractivity (Wildman–Crippen MR) is 116 cm³/mol. The monoisotopic (exact) mass is 415 g/mol. The zero-order valence-electron chi connectivity index (χ0n) is 16.5. The van der Waals surface area contributed by atoms with Gasteiger partial charge in [-0.3, -0.25) is 4.72 Å². The Bertz CT molecular complexity index is 1150. The minimum absolute atomic E-state index is 0.306. The summed E-state index contributed by atoms with van der Waals surface area (Å²) in [4.78, 5) is 0. The Morgan fingerprint density at radius 3 is 2.59 bits per heavy atom. The molecule has 154 valence electrons. The molecule has 0 spiro atoms. The second kappa shape index (κ2) is 7.71. The minimum atomic E-state index is -3.38. The maximum atomic E-state index is 13.3. The lowest BCUT2D eigenvalue weighted by atomic mass is 10.0. The quantitative estimate of drug-likeness (QED) is 0.588. The molecule has 1 heterocycles. The second-order valence-electron chi connectivity index (χ2n) is 7.90. The number of nitrogens with two attached hydrogens (primary N) is 1. The highest BCUT2D eigenvalue weighted by molar-refractivity contribution is 7.93. The van der Waals surface area contributed by atoms with Crippen LogP contribution in [-0.2, 0) is 16.6 Å². The zero-order chi connectivity index (χ0) is 20.6. The van der Waals surface area contributed by atoms with Gasteiger partial charge in [0.15, 0.2) is 0 Å². The van der Waals surface area contributed by atoms with Gasteiger partial charge >= 0.3 is 0 Å². The minimum Gasteiger partial charge on any atom is -0.398 e. The van der Waals surface area contributed by atoms with Crippen LogP contribution in [0, 0.1) is 12.7 Å². The van der Waals surface area contributed by atoms with E-state index in [-0.39, 0.29) is 11.1 Å². The predicted octanol–water partition coefficient (Wildman–Crippen LogP) is 4.79. The molecule has 1 fully saturated rings. The van der Waals surface area contributed by atoms with E-state index < -0.39 is 10.0 Å². The van der Waals surface area contributed by atoms with Gasteiger partial charge in [-0.05, 0) is 61.7 Å². The fraction of sp³-hybridized carbons (Fsp3) is 0.364. The molecular weight excluding hydrogens is 389 g/mol. The van der Waals surface area contributed by atoms with Crippen molar-refractivity contribution in [3.05, 3.63) is 59.5 Å². The molecule has 0 radical (unpaired) electrons. The van der Waals surface area contributed by atoms with Crippen molar-refractivity contribution in [3.63, 3.8) is 0 Å². The number of hydrogen-bond donors (Lipinski definition) is 2. The van der Waals surface area contributed by atoms with E-state index in [0.29, 0.717) is 17.9 Å². The number of nitrogens with zero attached hydrogens (tertiary/aromatic N) is 1. The molecule has 0 bridgehead atoms. The van der Waals surface area contributed by atoms with Gasteiger partial charge in [0.05, 0.1) is 5.25 Å². The first kappa shape index (κ1) is 19.8. The Morgan fingerprint density at radius 2 is 1.86 bits per heavy atom. The third-order valence-electron chi connectivity index (χ3n) is 5.80. The van der Waals surface area contributed by atoms with E-state index in [2.05, 4.69) is 9.29 Å². The molecule has 0 amide bonds. The largest absolute Gasteiger partial charge is 0.398 e. The van der Waals surface area contributed by atoms with Crippen LogP contribution in [0.3, 0.4) is 0 Å². The number of fused-ring (bicyclic) bond motifs is 1. The van der Waals surface area contributed by atoms with Gasteiger partial charge < -0.3 is 10.3 Å². The molecule has 5 nitrogen and oxygen atoms in total. The van der Waals surface area contributed by atoms with E-state index in [1.54, 1.807) is 12.1 Å². The summed E-state index contributed by atoms with van der Waals surface area (Å²) in [7, 11) is -3.38. The maximum Gasteiger partial charge on any atom is 0.235 e. The van der Waals surface area contributed by atoms with Gasteiger partial charge in [-0.25, -0.2) is 12.8 Å². The summed E-state index contributed by atoms with van der Waals surface area (Å²) in [6.07, 6.45) is 4.51. The summed E-state index contributed by atoms with van der Waals surface area (Å²) >= 11 is 0. The van der Waals surface area contributed by atoms with Crippen molar-refractivity contribution in [1.82, 2.24) is 4.57 Å². The van der Waals surface area contributed by atoms with Crippen LogP contribution in [0.25, 0.3) is 10.9 Å². The van der Waals surface area contributed by atoms with E-state index >= 15 is 0 Å². The Hall–Kier alpha value is -2.54. The molecule has 7 heteroatoms. The molecule has 0 unspecified atom stereocenters. The van der Waals surface area contributed by atoms with Gasteiger partial charge in [-0.1, -0.05) is 25.3 Å². The number of aryl methyl sites for hydroxylation is 1. The fourth-order valence-corrected chi connectivity index (χ4v) is 5.76. The van der Waals surface area contributed by atoms with E-state index in [9.17, 15) is 12.8 Å². The normalized spacial score (nSPS) is 15.7. The van der Waals surface area contributed by atoms with Crippen LogP contribution in [0.4, 0.5) is 15.8 Å². The van der Waals surface area contributed by atoms with Gasteiger partial charge in [0.2, 0.25) is 10.0 Å². The molecule has 29 heavy (non-hydrogen) atoms. The second-order valence-corrected chi connectivity index (χ2v) is 9.86. The van der Waals surface area contributed by atoms with E-state index in [1.807, 2.05) is 25.1 Å². The van der Waals surface area contributed by atoms with Gasteiger partial charge in [-0.2, -0.15) is 0 Å². The molecule has 2 aromatic carbocycles. The maximum absolute atomic E-state index is 13.3. The van der Waals surface area contributed by atoms with Crippen molar-refractivity contribution in [2.75, 3.05) is 10.5 Å². The molecule has 1 saturated carbocycles. The highest BCUT2D eigenvalue weighted by Gasteiger charge is 2.27. The lowest BCUT2D eigenvalue weighted by Gasteiger charge is -2.22. The molecule has 0 atom stereocenters. The molecule has 0 saturated heterocycles. The highest BCUT2D eigenvalue weighted by Crippen LogP contribution is 2.29. The summed E-state index contributed by atoms with van der Waals surface area (Å²) in [5.41, 5.74) is 9.82. The molecule has 3 N–H and O–H groups in total. The van der Waals surface area contributed by atoms with Gasteiger partial charge in [-0.15, -0.1) is 0 Å². The number of rotatable bonds is 5. The van der Waals surface area contributed by atoms with Crippen molar-refractivity contribution in [2.45, 2.75) is 50.8 Å². The molecule has 3 aromatic rings. The average molecular weight is 416 g/mol. The van der Waals surface area contributed by atoms with Gasteiger partial charge in [0.1, 0.15) is 5.82 Å². The first-order valence-corrected chi connectivity index (χ1v) is 11.5. The number of sulfonamides is 1. The zero-order valence-corrected chi connectivity index (χ0v) is 17.3. The van der Waals surface area contributed by atoms with Crippen LogP contribution in [0.1, 0.15) is 43.4 Å². The van der Waals surface area contributed by atoms with Crippen molar-refractivity contribution in [1.29, 1.82) is 0 Å². The topological polar surface area (TPSA) is 77.1 Å². The van der Waals surface area contributed by atoms with Gasteiger partial charge in [0, 0.05) is 34.5 Å². The van der Waals surface area contributed by atoms with Crippen molar-refractivity contribution in [2.24, 2.45) is 0 Å². The van der Waals surface area contributed by atoms with Crippen LogP contribution in [0.15, 0.2) is 42.5 Å². The van der Waals surface area contributed by atoms with Crippen LogP contribution in [0.2, 0.25) is 0 Å². The number of hydrogen-bond acceptors (Lipinski definition) is 3. The molecule has 1 aromatic heterocycles. The number of benzene rings is 2. The molecule has 1 aliphatic rings. The highest BCUT2D eigenvalue weighted by atomic mass is 32.2. The van der Waals surface area contributed by atoms with Crippen molar-refractivity contribution in [3.8, 4) is 0 Å². The van der Waals surface area contributed by atoms with Crippen LogP contribution >= 0.6 is 0 Å². The van der Waals surface area contributed by atoms with Crippen LogP contribution < -0.4 is 10.5 Å². The van der Waals surface area contributed by atoms with Gasteiger partial charge in [0.25, 0.3) is 0 Å². The van der Waals surface area contributed by atoms with E-state index in [0.717, 1.165) is 54.3 Å².